The van der Waals surface area contributed by atoms with Crippen molar-refractivity contribution in [3.63, 3.8) is 0 Å². The first-order valence-electron chi connectivity index (χ1n) is 5.99. The Hall–Kier alpha value is -1.31. The number of carbonyl (C=O) groups excluding carboxylic acids is 1. The van der Waals surface area contributed by atoms with Crippen molar-refractivity contribution in [1.82, 2.24) is 5.32 Å². The van der Waals surface area contributed by atoms with Crippen molar-refractivity contribution < 1.29 is 4.79 Å². The van der Waals surface area contributed by atoms with Gasteiger partial charge in [0.2, 0.25) is 5.91 Å². The monoisotopic (exact) mass is 219 g/mol. The summed E-state index contributed by atoms with van der Waals surface area (Å²) in [6, 6.07) is 10.2. The van der Waals surface area contributed by atoms with Crippen LogP contribution in [-0.4, -0.2) is 12.5 Å². The Morgan fingerprint density at radius 3 is 2.44 bits per heavy atom. The summed E-state index contributed by atoms with van der Waals surface area (Å²) in [6.07, 6.45) is 0.984. The molecule has 1 amide bonds. The minimum atomic E-state index is 0.0222. The fraction of sp³-hybridized carbons (Fsp3) is 0.500. The predicted octanol–water partition coefficient (Wildman–Crippen LogP) is 2.95. The van der Waals surface area contributed by atoms with Crippen LogP contribution in [0.3, 0.4) is 0 Å². The molecule has 2 unspecified atom stereocenters. The molecule has 2 atom stereocenters. The summed E-state index contributed by atoms with van der Waals surface area (Å²) in [5, 5.41) is 2.94. The molecule has 1 aromatic carbocycles. The fourth-order valence-electron chi connectivity index (χ4n) is 1.68. The molecule has 1 N–H and O–H groups in total. The topological polar surface area (TPSA) is 29.1 Å². The van der Waals surface area contributed by atoms with Crippen molar-refractivity contribution >= 4 is 5.91 Å². The van der Waals surface area contributed by atoms with E-state index in [0.29, 0.717) is 0 Å². The van der Waals surface area contributed by atoms with Gasteiger partial charge < -0.3 is 5.32 Å². The Morgan fingerprint density at radius 1 is 1.25 bits per heavy atom. The normalized spacial score (nSPS) is 14.2. The number of rotatable bonds is 5. The highest BCUT2D eigenvalue weighted by atomic mass is 16.1. The molecule has 0 heterocycles. The van der Waals surface area contributed by atoms with E-state index in [1.165, 1.54) is 5.56 Å². The van der Waals surface area contributed by atoms with Crippen LogP contribution in [0.2, 0.25) is 0 Å². The van der Waals surface area contributed by atoms with Gasteiger partial charge in [0.25, 0.3) is 0 Å². The van der Waals surface area contributed by atoms with E-state index in [9.17, 15) is 4.79 Å². The zero-order valence-electron chi connectivity index (χ0n) is 10.4. The van der Waals surface area contributed by atoms with Crippen LogP contribution in [-0.2, 0) is 4.79 Å². The van der Waals surface area contributed by atoms with Crippen LogP contribution in [0.1, 0.15) is 38.7 Å². The first kappa shape index (κ1) is 12.8. The molecule has 0 aliphatic carbocycles. The Bertz CT molecular complexity index is 321. The Balaban J connectivity index is 2.60. The van der Waals surface area contributed by atoms with Gasteiger partial charge in [-0.1, -0.05) is 51.1 Å². The maximum atomic E-state index is 11.8. The Kier molecular flexibility index (Phi) is 5.03. The maximum Gasteiger partial charge on any atom is 0.223 e. The number of benzene rings is 1. The molecule has 0 aliphatic heterocycles. The minimum absolute atomic E-state index is 0.0222. The summed E-state index contributed by atoms with van der Waals surface area (Å²) >= 11 is 0. The molecule has 0 bridgehead atoms. The zero-order chi connectivity index (χ0) is 12.0. The van der Waals surface area contributed by atoms with Crippen molar-refractivity contribution in [2.24, 2.45) is 5.92 Å². The van der Waals surface area contributed by atoms with E-state index >= 15 is 0 Å². The molecular formula is C14H21NO. The lowest BCUT2D eigenvalue weighted by atomic mass is 9.88. The molecule has 1 rings (SSSR count). The predicted molar refractivity (Wildman–Crippen MR) is 67.3 cm³/mol. The number of hydrogen-bond acceptors (Lipinski definition) is 1. The molecule has 0 saturated carbocycles. The van der Waals surface area contributed by atoms with Crippen molar-refractivity contribution in [2.75, 3.05) is 6.54 Å². The molecule has 1 aromatic rings. The number of nitrogens with one attached hydrogen (secondary N) is 1. The second-order valence-electron chi connectivity index (χ2n) is 4.28. The van der Waals surface area contributed by atoms with Crippen molar-refractivity contribution in [3.05, 3.63) is 35.9 Å². The van der Waals surface area contributed by atoms with Gasteiger partial charge in [0.1, 0.15) is 0 Å². The fourth-order valence-corrected chi connectivity index (χ4v) is 1.68. The highest BCUT2D eigenvalue weighted by Gasteiger charge is 2.20. The smallest absolute Gasteiger partial charge is 0.223 e. The van der Waals surface area contributed by atoms with Crippen LogP contribution in [0, 0.1) is 5.92 Å². The standard InChI is InChI=1S/C14H21NO/c1-4-10-15-14(16)12(3)11(2)13-8-6-5-7-9-13/h5-9,11-12H,4,10H2,1-3H3,(H,15,16). The summed E-state index contributed by atoms with van der Waals surface area (Å²) in [6.45, 7) is 6.92. The summed E-state index contributed by atoms with van der Waals surface area (Å²) in [7, 11) is 0. The quantitative estimate of drug-likeness (QED) is 0.810. The molecule has 0 saturated heterocycles. The second kappa shape index (κ2) is 6.31. The Labute approximate surface area is 98.1 Å². The van der Waals surface area contributed by atoms with Gasteiger partial charge in [-0.05, 0) is 17.9 Å². The second-order valence-corrected chi connectivity index (χ2v) is 4.28. The SMILES string of the molecule is CCCNC(=O)C(C)C(C)c1ccccc1. The van der Waals surface area contributed by atoms with Crippen LogP contribution < -0.4 is 5.32 Å². The maximum absolute atomic E-state index is 11.8. The van der Waals surface area contributed by atoms with Gasteiger partial charge in [0.05, 0.1) is 0 Å². The van der Waals surface area contributed by atoms with Gasteiger partial charge in [-0.2, -0.15) is 0 Å². The molecular weight excluding hydrogens is 198 g/mol. The molecule has 16 heavy (non-hydrogen) atoms. The lowest BCUT2D eigenvalue weighted by Crippen LogP contribution is -2.32. The van der Waals surface area contributed by atoms with E-state index in [0.717, 1.165) is 13.0 Å². The summed E-state index contributed by atoms with van der Waals surface area (Å²) in [5.41, 5.74) is 1.22. The van der Waals surface area contributed by atoms with E-state index in [-0.39, 0.29) is 17.7 Å². The van der Waals surface area contributed by atoms with E-state index in [2.05, 4.69) is 31.3 Å². The highest BCUT2D eigenvalue weighted by Crippen LogP contribution is 2.23. The van der Waals surface area contributed by atoms with Crippen LogP contribution in [0.25, 0.3) is 0 Å². The molecule has 0 aliphatic rings. The molecule has 0 spiro atoms. The third kappa shape index (κ3) is 3.37. The van der Waals surface area contributed by atoms with Crippen LogP contribution >= 0.6 is 0 Å². The van der Waals surface area contributed by atoms with Crippen LogP contribution in [0.5, 0.6) is 0 Å². The van der Waals surface area contributed by atoms with E-state index in [1.807, 2.05) is 25.1 Å². The summed E-state index contributed by atoms with van der Waals surface area (Å²) in [5.74, 6) is 0.435. The lowest BCUT2D eigenvalue weighted by molar-refractivity contribution is -0.125. The molecule has 88 valence electrons. The summed E-state index contributed by atoms with van der Waals surface area (Å²) in [4.78, 5) is 11.8. The molecule has 0 fully saturated rings. The van der Waals surface area contributed by atoms with E-state index in [4.69, 9.17) is 0 Å². The van der Waals surface area contributed by atoms with Crippen molar-refractivity contribution in [1.29, 1.82) is 0 Å². The highest BCUT2D eigenvalue weighted by molar-refractivity contribution is 5.79. The number of hydrogen-bond donors (Lipinski definition) is 1. The van der Waals surface area contributed by atoms with Crippen LogP contribution in [0.15, 0.2) is 30.3 Å². The largest absolute Gasteiger partial charge is 0.356 e. The average Bonchev–Trinajstić information content (AvgIpc) is 2.35. The third-order valence-corrected chi connectivity index (χ3v) is 3.04. The lowest BCUT2D eigenvalue weighted by Gasteiger charge is -2.19. The minimum Gasteiger partial charge on any atom is -0.356 e. The van der Waals surface area contributed by atoms with Gasteiger partial charge in [0, 0.05) is 12.5 Å². The molecule has 2 heteroatoms. The van der Waals surface area contributed by atoms with Crippen molar-refractivity contribution in [3.8, 4) is 0 Å². The van der Waals surface area contributed by atoms with Crippen molar-refractivity contribution in [2.45, 2.75) is 33.1 Å². The molecule has 0 radical (unpaired) electrons. The average molecular weight is 219 g/mol. The summed E-state index contributed by atoms with van der Waals surface area (Å²) < 4.78 is 0. The third-order valence-electron chi connectivity index (χ3n) is 3.04. The van der Waals surface area contributed by atoms with E-state index < -0.39 is 0 Å². The molecule has 0 aromatic heterocycles. The number of amides is 1. The Morgan fingerprint density at radius 2 is 1.88 bits per heavy atom. The van der Waals surface area contributed by atoms with Gasteiger partial charge in [-0.3, -0.25) is 4.79 Å². The zero-order valence-corrected chi connectivity index (χ0v) is 10.4. The van der Waals surface area contributed by atoms with Gasteiger partial charge >= 0.3 is 0 Å². The molecule has 2 nitrogen and oxygen atoms in total. The van der Waals surface area contributed by atoms with Gasteiger partial charge in [-0.15, -0.1) is 0 Å². The van der Waals surface area contributed by atoms with E-state index in [1.54, 1.807) is 0 Å². The van der Waals surface area contributed by atoms with Crippen LogP contribution in [0.4, 0.5) is 0 Å². The first-order chi connectivity index (χ1) is 7.66. The number of carbonyl (C=O) groups is 1. The first-order valence-corrected chi connectivity index (χ1v) is 5.99. The van der Waals surface area contributed by atoms with Gasteiger partial charge in [0.15, 0.2) is 0 Å². The van der Waals surface area contributed by atoms with Gasteiger partial charge in [-0.25, -0.2) is 0 Å².